The highest BCUT2D eigenvalue weighted by Gasteiger charge is 2.19. The second-order valence-corrected chi connectivity index (χ2v) is 21.7. The Balaban J connectivity index is 4.34. The molecule has 0 radical (unpaired) electrons. The second-order valence-electron chi connectivity index (χ2n) is 21.7. The first-order valence-electron chi connectivity index (χ1n) is 32.0. The third-order valence-electron chi connectivity index (χ3n) is 14.4. The smallest absolute Gasteiger partial charge is 0.306 e. The number of unbranched alkanes of at least 4 members (excludes halogenated alkanes) is 42. The average molecular weight is 1010 g/mol. The molecule has 0 saturated heterocycles. The first-order chi connectivity index (χ1) is 35.5. The summed E-state index contributed by atoms with van der Waals surface area (Å²) >= 11 is 0. The second kappa shape index (κ2) is 61.2. The molecule has 422 valence electrons. The number of esters is 3. The van der Waals surface area contributed by atoms with Crippen LogP contribution in [0.5, 0.6) is 0 Å². The number of rotatable bonds is 59. The van der Waals surface area contributed by atoms with Crippen molar-refractivity contribution in [2.75, 3.05) is 13.2 Å². The Morgan fingerprint density at radius 1 is 0.278 bits per heavy atom. The minimum Gasteiger partial charge on any atom is -0.462 e. The van der Waals surface area contributed by atoms with Crippen molar-refractivity contribution >= 4 is 17.9 Å². The van der Waals surface area contributed by atoms with E-state index in [2.05, 4.69) is 57.2 Å². The van der Waals surface area contributed by atoms with Gasteiger partial charge in [0.2, 0.25) is 0 Å². The Hall–Kier alpha value is -2.37. The van der Waals surface area contributed by atoms with Crippen LogP contribution in [0.1, 0.15) is 348 Å². The van der Waals surface area contributed by atoms with Gasteiger partial charge in [0.1, 0.15) is 13.2 Å². The van der Waals surface area contributed by atoms with Gasteiger partial charge in [-0.1, -0.05) is 288 Å². The summed E-state index contributed by atoms with van der Waals surface area (Å²) < 4.78 is 17.0. The molecule has 0 aromatic rings. The lowest BCUT2D eigenvalue weighted by molar-refractivity contribution is -0.167. The third kappa shape index (κ3) is 58.5. The highest BCUT2D eigenvalue weighted by Crippen LogP contribution is 2.17. The molecular formula is C66H122O6. The van der Waals surface area contributed by atoms with Gasteiger partial charge in [-0.2, -0.15) is 0 Å². The maximum Gasteiger partial charge on any atom is 0.306 e. The average Bonchev–Trinajstić information content (AvgIpc) is 3.38. The summed E-state index contributed by atoms with van der Waals surface area (Å²) in [4.78, 5) is 38.3. The highest BCUT2D eigenvalue weighted by atomic mass is 16.6. The SMILES string of the molecule is CCCCC/C=C/C/C=C/CCCCCCCCCCCC(=O)OC[C@@H](COC(=O)CCCCCCCCC/C=C/CCCCCCCC)OC(=O)CCCCCCCCCCCCCCCCCCCC. The van der Waals surface area contributed by atoms with Crippen LogP contribution in [0.25, 0.3) is 0 Å². The van der Waals surface area contributed by atoms with Crippen LogP contribution >= 0.6 is 0 Å². The third-order valence-corrected chi connectivity index (χ3v) is 14.4. The molecule has 0 spiro atoms. The molecule has 0 amide bonds. The van der Waals surface area contributed by atoms with Crippen molar-refractivity contribution in [3.05, 3.63) is 36.5 Å². The van der Waals surface area contributed by atoms with Crippen LogP contribution < -0.4 is 0 Å². The van der Waals surface area contributed by atoms with Crippen molar-refractivity contribution in [1.29, 1.82) is 0 Å². The van der Waals surface area contributed by atoms with Gasteiger partial charge in [-0.25, -0.2) is 0 Å². The largest absolute Gasteiger partial charge is 0.462 e. The van der Waals surface area contributed by atoms with Crippen LogP contribution in [0.3, 0.4) is 0 Å². The van der Waals surface area contributed by atoms with Crippen LogP contribution in [0, 0.1) is 0 Å². The molecule has 0 aromatic heterocycles. The molecular weight excluding hydrogens is 889 g/mol. The Morgan fingerprint density at radius 2 is 0.500 bits per heavy atom. The van der Waals surface area contributed by atoms with Gasteiger partial charge in [-0.3, -0.25) is 14.4 Å². The van der Waals surface area contributed by atoms with E-state index < -0.39 is 6.10 Å². The summed E-state index contributed by atoms with van der Waals surface area (Å²) in [5.41, 5.74) is 0. The minimum absolute atomic E-state index is 0.0715. The van der Waals surface area contributed by atoms with Gasteiger partial charge in [-0.15, -0.1) is 0 Å². The predicted octanol–water partition coefficient (Wildman–Crippen LogP) is 21.6. The summed E-state index contributed by atoms with van der Waals surface area (Å²) in [5.74, 6) is -0.855. The molecule has 6 heteroatoms. The van der Waals surface area contributed by atoms with E-state index in [1.807, 2.05) is 0 Å². The molecule has 0 aliphatic carbocycles. The van der Waals surface area contributed by atoms with E-state index in [4.69, 9.17) is 14.2 Å². The fraction of sp³-hybridized carbons (Fsp3) is 0.864. The number of hydrogen-bond acceptors (Lipinski definition) is 6. The van der Waals surface area contributed by atoms with E-state index >= 15 is 0 Å². The van der Waals surface area contributed by atoms with E-state index in [0.29, 0.717) is 19.3 Å². The fourth-order valence-electron chi connectivity index (χ4n) is 9.53. The topological polar surface area (TPSA) is 78.9 Å². The van der Waals surface area contributed by atoms with Gasteiger partial charge in [-0.05, 0) is 77.0 Å². The molecule has 0 N–H and O–H groups in total. The van der Waals surface area contributed by atoms with Crippen LogP contribution in [0.2, 0.25) is 0 Å². The van der Waals surface area contributed by atoms with Crippen LogP contribution in [0.15, 0.2) is 36.5 Å². The van der Waals surface area contributed by atoms with Gasteiger partial charge in [0.05, 0.1) is 0 Å². The van der Waals surface area contributed by atoms with Gasteiger partial charge < -0.3 is 14.2 Å². The van der Waals surface area contributed by atoms with Crippen molar-refractivity contribution in [1.82, 2.24) is 0 Å². The van der Waals surface area contributed by atoms with Crippen molar-refractivity contribution < 1.29 is 28.6 Å². The van der Waals surface area contributed by atoms with E-state index in [0.717, 1.165) is 64.2 Å². The molecule has 1 atom stereocenters. The van der Waals surface area contributed by atoms with Gasteiger partial charge in [0, 0.05) is 19.3 Å². The first-order valence-corrected chi connectivity index (χ1v) is 32.0. The molecule has 0 aliphatic heterocycles. The molecule has 0 rings (SSSR count). The lowest BCUT2D eigenvalue weighted by Gasteiger charge is -2.18. The Labute approximate surface area is 448 Å². The zero-order chi connectivity index (χ0) is 52.2. The molecule has 0 unspecified atom stereocenters. The number of allylic oxidation sites excluding steroid dienone is 6. The van der Waals surface area contributed by atoms with Gasteiger partial charge in [0.15, 0.2) is 6.10 Å². The van der Waals surface area contributed by atoms with Crippen molar-refractivity contribution in [2.45, 2.75) is 354 Å². The molecule has 0 bridgehead atoms. The van der Waals surface area contributed by atoms with E-state index in [1.165, 1.54) is 244 Å². The molecule has 0 aromatic carbocycles. The monoisotopic (exact) mass is 1010 g/mol. The predicted molar refractivity (Wildman–Crippen MR) is 312 cm³/mol. The fourth-order valence-corrected chi connectivity index (χ4v) is 9.53. The molecule has 0 fully saturated rings. The zero-order valence-corrected chi connectivity index (χ0v) is 48.5. The number of ether oxygens (including phenoxy) is 3. The maximum absolute atomic E-state index is 12.9. The standard InChI is InChI=1S/C66H122O6/c1-4-7-10-13-16-19-22-25-28-31-33-36-38-41-44-47-50-53-56-59-65(68)71-62-63(61-70-64(67)58-55-52-49-46-43-40-37-34-30-27-24-21-18-15-12-9-6-3)72-66(69)60-57-54-51-48-45-42-39-35-32-29-26-23-20-17-14-11-8-5-2/h16,19,25,27-28,30,63H,4-15,17-18,20-24,26,29,31-62H2,1-3H3/b19-16+,28-25+,30-27+/t63-/m1/s1. The van der Waals surface area contributed by atoms with E-state index in [9.17, 15) is 14.4 Å². The summed E-state index contributed by atoms with van der Waals surface area (Å²) in [5, 5.41) is 0. The lowest BCUT2D eigenvalue weighted by Crippen LogP contribution is -2.30. The van der Waals surface area contributed by atoms with Crippen LogP contribution in [-0.2, 0) is 28.6 Å². The van der Waals surface area contributed by atoms with Gasteiger partial charge >= 0.3 is 17.9 Å². The summed E-state index contributed by atoms with van der Waals surface area (Å²) in [6.45, 7) is 6.67. The van der Waals surface area contributed by atoms with E-state index in [1.54, 1.807) is 0 Å². The molecule has 0 aliphatic rings. The van der Waals surface area contributed by atoms with Gasteiger partial charge in [0.25, 0.3) is 0 Å². The molecule has 6 nitrogen and oxygen atoms in total. The number of hydrogen-bond donors (Lipinski definition) is 0. The first kappa shape index (κ1) is 69.6. The van der Waals surface area contributed by atoms with Crippen LogP contribution in [0.4, 0.5) is 0 Å². The minimum atomic E-state index is -0.773. The lowest BCUT2D eigenvalue weighted by atomic mass is 10.0. The quantitative estimate of drug-likeness (QED) is 0.0261. The highest BCUT2D eigenvalue weighted by molar-refractivity contribution is 5.71. The summed E-state index contributed by atoms with van der Waals surface area (Å²) in [6, 6.07) is 0. The number of carbonyl (C=O) groups excluding carboxylic acids is 3. The Morgan fingerprint density at radius 3 is 0.806 bits per heavy atom. The number of carbonyl (C=O) groups is 3. The Bertz CT molecular complexity index is 1210. The molecule has 0 heterocycles. The summed E-state index contributed by atoms with van der Waals surface area (Å²) in [7, 11) is 0. The van der Waals surface area contributed by atoms with Crippen molar-refractivity contribution in [2.24, 2.45) is 0 Å². The normalized spacial score (nSPS) is 12.2. The van der Waals surface area contributed by atoms with Crippen LogP contribution in [-0.4, -0.2) is 37.2 Å². The summed E-state index contributed by atoms with van der Waals surface area (Å²) in [6.07, 6.45) is 74.2. The zero-order valence-electron chi connectivity index (χ0n) is 48.5. The van der Waals surface area contributed by atoms with E-state index in [-0.39, 0.29) is 31.1 Å². The van der Waals surface area contributed by atoms with Crippen molar-refractivity contribution in [3.63, 3.8) is 0 Å². The molecule has 0 saturated carbocycles. The van der Waals surface area contributed by atoms with Crippen molar-refractivity contribution in [3.8, 4) is 0 Å². The molecule has 72 heavy (non-hydrogen) atoms. The Kier molecular flexibility index (Phi) is 59.2. The maximum atomic E-state index is 12.9.